The van der Waals surface area contributed by atoms with Gasteiger partial charge < -0.3 is 10.6 Å². The average molecular weight is 438 g/mol. The summed E-state index contributed by atoms with van der Waals surface area (Å²) in [6, 6.07) is 11.2. The molecule has 0 unspecified atom stereocenters. The maximum Gasteiger partial charge on any atom is 0.278 e. The highest BCUT2D eigenvalue weighted by Crippen LogP contribution is 2.29. The third-order valence-electron chi connectivity index (χ3n) is 4.47. The van der Waals surface area contributed by atoms with Gasteiger partial charge in [0, 0.05) is 18.2 Å². The van der Waals surface area contributed by atoms with Crippen molar-refractivity contribution in [3.05, 3.63) is 63.4 Å². The van der Waals surface area contributed by atoms with Crippen molar-refractivity contribution in [1.29, 1.82) is 0 Å². The number of para-hydroxylation sites is 1. The average Bonchev–Trinajstić information content (AvgIpc) is 2.70. The number of amides is 2. The van der Waals surface area contributed by atoms with Gasteiger partial charge in [0.05, 0.1) is 11.4 Å². The van der Waals surface area contributed by atoms with Gasteiger partial charge in [-0.3, -0.25) is 19.4 Å². The number of rotatable bonds is 6. The van der Waals surface area contributed by atoms with Gasteiger partial charge in [-0.25, -0.2) is 0 Å². The molecule has 0 saturated carbocycles. The van der Waals surface area contributed by atoms with E-state index in [0.717, 1.165) is 34.1 Å². The summed E-state index contributed by atoms with van der Waals surface area (Å²) < 4.78 is 0. The zero-order valence-electron chi connectivity index (χ0n) is 17.7. The molecule has 31 heavy (non-hydrogen) atoms. The van der Waals surface area contributed by atoms with Crippen LogP contribution >= 0.6 is 11.8 Å². The summed E-state index contributed by atoms with van der Waals surface area (Å²) >= 11 is 1.08. The Balaban J connectivity index is 1.78. The van der Waals surface area contributed by atoms with E-state index >= 15 is 0 Å². The summed E-state index contributed by atoms with van der Waals surface area (Å²) in [5.74, 6) is -0.392. The molecule has 0 aliphatic rings. The Labute approximate surface area is 183 Å². The molecule has 0 atom stereocenters. The number of anilines is 2. The van der Waals surface area contributed by atoms with Gasteiger partial charge in [-0.15, -0.1) is 10.2 Å². The normalized spacial score (nSPS) is 10.6. The van der Waals surface area contributed by atoms with Crippen LogP contribution in [-0.4, -0.2) is 32.7 Å². The van der Waals surface area contributed by atoms with E-state index in [0.29, 0.717) is 11.3 Å². The highest BCUT2D eigenvalue weighted by atomic mass is 32.2. The first-order valence-corrected chi connectivity index (χ1v) is 10.6. The van der Waals surface area contributed by atoms with Crippen LogP contribution in [0.2, 0.25) is 0 Å². The Morgan fingerprint density at radius 2 is 1.77 bits per heavy atom. The molecule has 3 N–H and O–H groups in total. The predicted octanol–water partition coefficient (Wildman–Crippen LogP) is 3.45. The van der Waals surface area contributed by atoms with Crippen LogP contribution in [0.15, 0.2) is 46.3 Å². The minimum Gasteiger partial charge on any atom is -0.325 e. The standard InChI is InChI=1S/C22H23N5O3S/c1-12-9-14(3)19(23-15(4)28)16(10-12)20-21(30)25-22(27-26-20)31-11-18(29)24-17-8-6-5-7-13(17)2/h5-10H,11H2,1-4H3,(H,23,28)(H,24,29)(H,25,27,30). The van der Waals surface area contributed by atoms with Crippen molar-refractivity contribution in [2.45, 2.75) is 32.9 Å². The van der Waals surface area contributed by atoms with E-state index in [1.54, 1.807) is 6.07 Å². The number of hydrogen-bond acceptors (Lipinski definition) is 6. The fraction of sp³-hybridized carbons (Fsp3) is 0.227. The van der Waals surface area contributed by atoms with E-state index in [4.69, 9.17) is 0 Å². The van der Waals surface area contributed by atoms with Crippen LogP contribution in [0, 0.1) is 20.8 Å². The van der Waals surface area contributed by atoms with Crippen LogP contribution in [0.5, 0.6) is 0 Å². The Bertz CT molecular complexity index is 1210. The summed E-state index contributed by atoms with van der Waals surface area (Å²) in [6.45, 7) is 7.06. The molecule has 160 valence electrons. The molecule has 0 spiro atoms. The summed E-state index contributed by atoms with van der Waals surface area (Å²) in [7, 11) is 0. The Morgan fingerprint density at radius 1 is 1.03 bits per heavy atom. The molecule has 0 saturated heterocycles. The van der Waals surface area contributed by atoms with Gasteiger partial charge >= 0.3 is 0 Å². The Morgan fingerprint density at radius 3 is 2.45 bits per heavy atom. The second-order valence-corrected chi connectivity index (χ2v) is 8.11. The molecule has 0 aliphatic carbocycles. The fourth-order valence-electron chi connectivity index (χ4n) is 3.09. The topological polar surface area (TPSA) is 117 Å². The van der Waals surface area contributed by atoms with E-state index in [2.05, 4.69) is 25.8 Å². The van der Waals surface area contributed by atoms with Crippen molar-refractivity contribution >= 4 is 35.0 Å². The predicted molar refractivity (Wildman–Crippen MR) is 122 cm³/mol. The highest BCUT2D eigenvalue weighted by Gasteiger charge is 2.16. The summed E-state index contributed by atoms with van der Waals surface area (Å²) in [5, 5.41) is 14.0. The fourth-order valence-corrected chi connectivity index (χ4v) is 3.70. The number of aromatic nitrogens is 3. The summed E-state index contributed by atoms with van der Waals surface area (Å²) in [5.41, 5.74) is 4.11. The van der Waals surface area contributed by atoms with Gasteiger partial charge in [0.25, 0.3) is 5.56 Å². The number of nitrogens with zero attached hydrogens (tertiary/aromatic N) is 2. The zero-order valence-corrected chi connectivity index (χ0v) is 18.5. The van der Waals surface area contributed by atoms with E-state index in [1.807, 2.05) is 51.1 Å². The van der Waals surface area contributed by atoms with Gasteiger partial charge in [0.15, 0.2) is 10.9 Å². The van der Waals surface area contributed by atoms with E-state index in [9.17, 15) is 14.4 Å². The molecule has 1 aromatic heterocycles. The molecule has 0 fully saturated rings. The molecule has 2 amide bonds. The maximum atomic E-state index is 12.7. The molecule has 8 nitrogen and oxygen atoms in total. The van der Waals surface area contributed by atoms with Gasteiger partial charge in [-0.2, -0.15) is 0 Å². The summed E-state index contributed by atoms with van der Waals surface area (Å²) in [4.78, 5) is 39.2. The summed E-state index contributed by atoms with van der Waals surface area (Å²) in [6.07, 6.45) is 0. The first kappa shape index (κ1) is 22.2. The Kier molecular flexibility index (Phi) is 6.86. The first-order chi connectivity index (χ1) is 14.7. The SMILES string of the molecule is CC(=O)Nc1c(C)cc(C)cc1-c1nnc(SCC(=O)Nc2ccccc2C)[nH]c1=O. The highest BCUT2D eigenvalue weighted by molar-refractivity contribution is 7.99. The van der Waals surface area contributed by atoms with Crippen LogP contribution in [0.3, 0.4) is 0 Å². The molecule has 1 heterocycles. The lowest BCUT2D eigenvalue weighted by Crippen LogP contribution is -2.18. The van der Waals surface area contributed by atoms with Crippen LogP contribution in [0.4, 0.5) is 11.4 Å². The zero-order chi connectivity index (χ0) is 22.5. The van der Waals surface area contributed by atoms with Crippen LogP contribution in [0.25, 0.3) is 11.3 Å². The van der Waals surface area contributed by atoms with E-state index in [-0.39, 0.29) is 28.4 Å². The van der Waals surface area contributed by atoms with Crippen LogP contribution in [-0.2, 0) is 9.59 Å². The molecule has 9 heteroatoms. The van der Waals surface area contributed by atoms with Crippen molar-refractivity contribution in [3.8, 4) is 11.3 Å². The molecule has 0 radical (unpaired) electrons. The smallest absolute Gasteiger partial charge is 0.278 e. The lowest BCUT2D eigenvalue weighted by Gasteiger charge is -2.13. The third-order valence-corrected chi connectivity index (χ3v) is 5.34. The van der Waals surface area contributed by atoms with Crippen LogP contribution < -0.4 is 16.2 Å². The van der Waals surface area contributed by atoms with Gasteiger partial charge in [0.2, 0.25) is 11.8 Å². The largest absolute Gasteiger partial charge is 0.325 e. The van der Waals surface area contributed by atoms with Gasteiger partial charge in [-0.1, -0.05) is 41.6 Å². The molecule has 3 aromatic rings. The van der Waals surface area contributed by atoms with Crippen LogP contribution in [0.1, 0.15) is 23.6 Å². The number of H-pyrrole nitrogens is 1. The van der Waals surface area contributed by atoms with Crippen molar-refractivity contribution in [3.63, 3.8) is 0 Å². The van der Waals surface area contributed by atoms with E-state index in [1.165, 1.54) is 6.92 Å². The number of carbonyl (C=O) groups excluding carboxylic acids is 2. The third kappa shape index (κ3) is 5.58. The molecule has 0 bridgehead atoms. The second-order valence-electron chi connectivity index (χ2n) is 7.15. The first-order valence-electron chi connectivity index (χ1n) is 9.59. The molecule has 3 rings (SSSR count). The minimum absolute atomic E-state index is 0.0684. The maximum absolute atomic E-state index is 12.7. The monoisotopic (exact) mass is 437 g/mol. The number of thioether (sulfide) groups is 1. The van der Waals surface area contributed by atoms with Crippen molar-refractivity contribution in [1.82, 2.24) is 15.2 Å². The quantitative estimate of drug-likeness (QED) is 0.509. The van der Waals surface area contributed by atoms with Crippen molar-refractivity contribution in [2.24, 2.45) is 0 Å². The lowest BCUT2D eigenvalue weighted by atomic mass is 10.0. The molecular weight excluding hydrogens is 414 g/mol. The second kappa shape index (κ2) is 9.57. The number of nitrogens with one attached hydrogen (secondary N) is 3. The van der Waals surface area contributed by atoms with E-state index < -0.39 is 5.56 Å². The lowest BCUT2D eigenvalue weighted by molar-refractivity contribution is -0.114. The van der Waals surface area contributed by atoms with Crippen molar-refractivity contribution in [2.75, 3.05) is 16.4 Å². The number of hydrogen-bond donors (Lipinski definition) is 3. The molecule has 0 aliphatic heterocycles. The number of benzene rings is 2. The minimum atomic E-state index is -0.451. The van der Waals surface area contributed by atoms with Crippen molar-refractivity contribution < 1.29 is 9.59 Å². The molecular formula is C22H23N5O3S. The Hall–Kier alpha value is -3.46. The molecule has 2 aromatic carbocycles. The number of aryl methyl sites for hydroxylation is 3. The number of aromatic amines is 1. The van der Waals surface area contributed by atoms with Gasteiger partial charge in [-0.05, 0) is 44.0 Å². The van der Waals surface area contributed by atoms with Gasteiger partial charge in [0.1, 0.15) is 0 Å². The number of carbonyl (C=O) groups is 2.